The van der Waals surface area contributed by atoms with Crippen molar-refractivity contribution >= 4 is 5.91 Å². The first-order chi connectivity index (χ1) is 11.0. The Hall–Kier alpha value is -1.39. The van der Waals surface area contributed by atoms with Crippen molar-refractivity contribution in [2.45, 2.75) is 65.0 Å². The molecule has 1 aromatic rings. The molecule has 2 rings (SSSR count). The first-order valence-corrected chi connectivity index (χ1v) is 8.80. The fourth-order valence-corrected chi connectivity index (χ4v) is 3.45. The van der Waals surface area contributed by atoms with E-state index in [0.29, 0.717) is 19.6 Å². The molecule has 1 aromatic carbocycles. The van der Waals surface area contributed by atoms with Gasteiger partial charge in [0.2, 0.25) is 5.91 Å². The van der Waals surface area contributed by atoms with Gasteiger partial charge in [0.15, 0.2) is 0 Å². The Morgan fingerprint density at radius 3 is 2.62 bits per heavy atom. The zero-order valence-corrected chi connectivity index (χ0v) is 15.9. The molecule has 0 spiro atoms. The number of aryl methyl sites for hydroxylation is 1. The van der Waals surface area contributed by atoms with Gasteiger partial charge in [-0.05, 0) is 19.4 Å². The van der Waals surface area contributed by atoms with E-state index in [0.717, 1.165) is 0 Å². The Morgan fingerprint density at radius 1 is 1.42 bits per heavy atom. The molecule has 0 saturated heterocycles. The highest BCUT2D eigenvalue weighted by molar-refractivity contribution is 5.88. The normalized spacial score (nSPS) is 25.9. The number of ether oxygens (including phenoxy) is 1. The minimum absolute atomic E-state index is 0.0445. The third-order valence-electron chi connectivity index (χ3n) is 5.73. The number of hydrogen-bond acceptors (Lipinski definition) is 3. The van der Waals surface area contributed by atoms with Crippen LogP contribution in [0, 0.1) is 12.3 Å². The molecule has 0 aromatic heterocycles. The molecule has 3 N–H and O–H groups in total. The Balaban J connectivity index is 2.03. The molecule has 0 heterocycles. The summed E-state index contributed by atoms with van der Waals surface area (Å²) in [7, 11) is 0. The molecule has 1 aliphatic carbocycles. The van der Waals surface area contributed by atoms with Crippen LogP contribution in [0.4, 0.5) is 0 Å². The van der Waals surface area contributed by atoms with Crippen LogP contribution in [-0.4, -0.2) is 30.7 Å². The fourth-order valence-electron chi connectivity index (χ4n) is 3.45. The average Bonchev–Trinajstić information content (AvgIpc) is 2.52. The maximum atomic E-state index is 12.8. The number of rotatable bonds is 6. The largest absolute Gasteiger partial charge is 0.378 e. The van der Waals surface area contributed by atoms with Gasteiger partial charge in [0, 0.05) is 30.4 Å². The predicted octanol–water partition coefficient (Wildman–Crippen LogP) is 2.92. The van der Waals surface area contributed by atoms with Crippen molar-refractivity contribution in [2.24, 2.45) is 11.1 Å². The highest BCUT2D eigenvalue weighted by Crippen LogP contribution is 2.49. The van der Waals surface area contributed by atoms with Crippen LogP contribution in [0.25, 0.3) is 0 Å². The monoisotopic (exact) mass is 332 g/mol. The second-order valence-corrected chi connectivity index (χ2v) is 8.28. The summed E-state index contributed by atoms with van der Waals surface area (Å²) in [5, 5.41) is 3.08. The quantitative estimate of drug-likeness (QED) is 0.842. The number of carbonyl (C=O) groups is 1. The molecule has 1 aliphatic rings. The van der Waals surface area contributed by atoms with E-state index in [9.17, 15) is 4.79 Å². The molecule has 134 valence electrons. The van der Waals surface area contributed by atoms with Crippen LogP contribution in [0.3, 0.4) is 0 Å². The second kappa shape index (κ2) is 6.49. The van der Waals surface area contributed by atoms with Crippen molar-refractivity contribution in [1.82, 2.24) is 5.32 Å². The lowest BCUT2D eigenvalue weighted by Crippen LogP contribution is -2.76. The molecule has 1 amide bonds. The smallest absolute Gasteiger partial charge is 0.240 e. The van der Waals surface area contributed by atoms with Gasteiger partial charge in [-0.25, -0.2) is 0 Å². The molecule has 4 heteroatoms. The lowest BCUT2D eigenvalue weighted by molar-refractivity contribution is -0.170. The van der Waals surface area contributed by atoms with Crippen LogP contribution >= 0.6 is 0 Å². The number of carbonyl (C=O) groups excluding carboxylic acids is 1. The highest BCUT2D eigenvalue weighted by atomic mass is 16.5. The van der Waals surface area contributed by atoms with Gasteiger partial charge in [0.25, 0.3) is 0 Å². The Bertz CT molecular complexity index is 609. The molecule has 24 heavy (non-hydrogen) atoms. The molecule has 0 bridgehead atoms. The van der Waals surface area contributed by atoms with Gasteiger partial charge in [-0.15, -0.1) is 0 Å². The summed E-state index contributed by atoms with van der Waals surface area (Å²) in [5.41, 5.74) is 7.51. The van der Waals surface area contributed by atoms with Crippen molar-refractivity contribution in [3.05, 3.63) is 35.4 Å². The van der Waals surface area contributed by atoms with Crippen LogP contribution in [0.2, 0.25) is 0 Å². The van der Waals surface area contributed by atoms with Crippen molar-refractivity contribution in [3.63, 3.8) is 0 Å². The molecule has 0 radical (unpaired) electrons. The van der Waals surface area contributed by atoms with E-state index in [1.54, 1.807) is 0 Å². The number of nitrogens with two attached hydrogens (primary N) is 1. The second-order valence-electron chi connectivity index (χ2n) is 8.28. The lowest BCUT2D eigenvalue weighted by Gasteiger charge is -2.57. The Morgan fingerprint density at radius 2 is 2.08 bits per heavy atom. The van der Waals surface area contributed by atoms with Gasteiger partial charge >= 0.3 is 0 Å². The summed E-state index contributed by atoms with van der Waals surface area (Å²) >= 11 is 0. The van der Waals surface area contributed by atoms with Crippen LogP contribution in [-0.2, 0) is 14.9 Å². The minimum atomic E-state index is -0.866. The molecule has 4 nitrogen and oxygen atoms in total. The van der Waals surface area contributed by atoms with Gasteiger partial charge < -0.3 is 15.8 Å². The summed E-state index contributed by atoms with van der Waals surface area (Å²) in [5.74, 6) is -0.0795. The van der Waals surface area contributed by atoms with Gasteiger partial charge in [-0.2, -0.15) is 0 Å². The van der Waals surface area contributed by atoms with Crippen LogP contribution < -0.4 is 11.1 Å². The molecular formula is C20H32N2O2. The fraction of sp³-hybridized carbons (Fsp3) is 0.650. The van der Waals surface area contributed by atoms with E-state index in [-0.39, 0.29) is 22.8 Å². The van der Waals surface area contributed by atoms with Crippen LogP contribution in [0.1, 0.15) is 52.2 Å². The minimum Gasteiger partial charge on any atom is -0.378 e. The number of hydrogen-bond donors (Lipinski definition) is 2. The van der Waals surface area contributed by atoms with Crippen molar-refractivity contribution in [3.8, 4) is 0 Å². The zero-order valence-electron chi connectivity index (χ0n) is 15.9. The van der Waals surface area contributed by atoms with Crippen molar-refractivity contribution in [2.75, 3.05) is 13.2 Å². The number of benzene rings is 1. The lowest BCUT2D eigenvalue weighted by atomic mass is 9.54. The standard InChI is InChI=1S/C20H32N2O2/c1-7-24-16-12-20(21,19(16,5)6)17(23)22-13-18(3,4)15-10-8-9-14(2)11-15/h8-11,16H,7,12-13,21H2,1-6H3,(H,22,23). The number of nitrogens with one attached hydrogen (secondary N) is 1. The predicted molar refractivity (Wildman–Crippen MR) is 97.9 cm³/mol. The highest BCUT2D eigenvalue weighted by Gasteiger charge is 2.62. The van der Waals surface area contributed by atoms with E-state index >= 15 is 0 Å². The first kappa shape index (κ1) is 18.9. The van der Waals surface area contributed by atoms with Crippen molar-refractivity contribution < 1.29 is 9.53 Å². The summed E-state index contributed by atoms with van der Waals surface area (Å²) in [6.07, 6.45) is 0.618. The molecular weight excluding hydrogens is 300 g/mol. The summed E-state index contributed by atoms with van der Waals surface area (Å²) in [6, 6.07) is 8.41. The summed E-state index contributed by atoms with van der Waals surface area (Å²) < 4.78 is 5.71. The van der Waals surface area contributed by atoms with Gasteiger partial charge in [-0.3, -0.25) is 4.79 Å². The van der Waals surface area contributed by atoms with Crippen LogP contribution in [0.15, 0.2) is 24.3 Å². The molecule has 2 atom stereocenters. The maximum Gasteiger partial charge on any atom is 0.240 e. The van der Waals surface area contributed by atoms with E-state index in [4.69, 9.17) is 10.5 Å². The summed E-state index contributed by atoms with van der Waals surface area (Å²) in [4.78, 5) is 12.8. The molecule has 0 aliphatic heterocycles. The van der Waals surface area contributed by atoms with Crippen LogP contribution in [0.5, 0.6) is 0 Å². The van der Waals surface area contributed by atoms with Gasteiger partial charge in [0.05, 0.1) is 6.10 Å². The van der Waals surface area contributed by atoms with E-state index in [2.05, 4.69) is 50.4 Å². The molecule has 1 fully saturated rings. The average molecular weight is 332 g/mol. The Labute approximate surface area is 146 Å². The Kier molecular flexibility index (Phi) is 5.12. The molecule has 2 unspecified atom stereocenters. The zero-order chi connectivity index (χ0) is 18.2. The van der Waals surface area contributed by atoms with Gasteiger partial charge in [-0.1, -0.05) is 57.5 Å². The number of amides is 1. The third kappa shape index (κ3) is 3.22. The van der Waals surface area contributed by atoms with Gasteiger partial charge in [0.1, 0.15) is 5.54 Å². The van der Waals surface area contributed by atoms with E-state index < -0.39 is 5.54 Å². The van der Waals surface area contributed by atoms with E-state index in [1.165, 1.54) is 11.1 Å². The first-order valence-electron chi connectivity index (χ1n) is 8.80. The maximum absolute atomic E-state index is 12.8. The van der Waals surface area contributed by atoms with Crippen molar-refractivity contribution in [1.29, 1.82) is 0 Å². The SMILES string of the molecule is CCOC1CC(N)(C(=O)NCC(C)(C)c2cccc(C)c2)C1(C)C. The van der Waals surface area contributed by atoms with E-state index in [1.807, 2.05) is 20.8 Å². The molecule has 1 saturated carbocycles. The topological polar surface area (TPSA) is 64.3 Å². The third-order valence-corrected chi connectivity index (χ3v) is 5.73. The summed E-state index contributed by atoms with van der Waals surface area (Å²) in [6.45, 7) is 13.6.